The Hall–Kier alpha value is -1.47. The highest BCUT2D eigenvalue weighted by Gasteiger charge is 2.22. The molecule has 0 bridgehead atoms. The van der Waals surface area contributed by atoms with Crippen LogP contribution in [0.15, 0.2) is 18.6 Å². The summed E-state index contributed by atoms with van der Waals surface area (Å²) in [7, 11) is 0. The quantitative estimate of drug-likeness (QED) is 0.729. The number of nitriles is 1. The van der Waals surface area contributed by atoms with Crippen molar-refractivity contribution in [2.45, 2.75) is 25.3 Å². The molecule has 1 aliphatic rings. The van der Waals surface area contributed by atoms with Crippen LogP contribution in [0.4, 0.5) is 0 Å². The normalized spacial score (nSPS) is 19.4. The Morgan fingerprint density at radius 1 is 1.33 bits per heavy atom. The standard InChI is InChI=1S/C11H14N4/c12-8-11(10-4-5-13-9-14-10)15-6-2-1-3-7-15/h4-5,9,11H,1-3,6-7H2. The molecule has 2 heterocycles. The fourth-order valence-corrected chi connectivity index (χ4v) is 1.97. The van der Waals surface area contributed by atoms with E-state index in [0.717, 1.165) is 18.8 Å². The molecule has 1 saturated heterocycles. The molecule has 1 aliphatic heterocycles. The molecular weight excluding hydrogens is 188 g/mol. The summed E-state index contributed by atoms with van der Waals surface area (Å²) in [5, 5.41) is 9.18. The first kappa shape index (κ1) is 10.1. The molecule has 1 aromatic heterocycles. The minimum atomic E-state index is -0.201. The Morgan fingerprint density at radius 3 is 2.73 bits per heavy atom. The van der Waals surface area contributed by atoms with Crippen LogP contribution >= 0.6 is 0 Å². The average molecular weight is 202 g/mol. The van der Waals surface area contributed by atoms with Gasteiger partial charge in [-0.2, -0.15) is 5.26 Å². The molecular formula is C11H14N4. The third-order valence-electron chi connectivity index (χ3n) is 2.76. The summed E-state index contributed by atoms with van der Waals surface area (Å²) < 4.78 is 0. The van der Waals surface area contributed by atoms with Crippen molar-refractivity contribution in [1.82, 2.24) is 14.9 Å². The molecule has 15 heavy (non-hydrogen) atoms. The molecule has 0 aliphatic carbocycles. The van der Waals surface area contributed by atoms with E-state index in [2.05, 4.69) is 20.9 Å². The first-order chi connectivity index (χ1) is 7.42. The van der Waals surface area contributed by atoms with E-state index in [4.69, 9.17) is 0 Å². The van der Waals surface area contributed by atoms with Gasteiger partial charge in [0, 0.05) is 6.20 Å². The van der Waals surface area contributed by atoms with Crippen LogP contribution in [-0.4, -0.2) is 28.0 Å². The van der Waals surface area contributed by atoms with Crippen LogP contribution < -0.4 is 0 Å². The van der Waals surface area contributed by atoms with Crippen molar-refractivity contribution in [2.75, 3.05) is 13.1 Å². The maximum Gasteiger partial charge on any atom is 0.141 e. The molecule has 78 valence electrons. The lowest BCUT2D eigenvalue weighted by Gasteiger charge is -2.29. The highest BCUT2D eigenvalue weighted by Crippen LogP contribution is 2.21. The maximum absolute atomic E-state index is 9.18. The van der Waals surface area contributed by atoms with Gasteiger partial charge in [0.2, 0.25) is 0 Å². The van der Waals surface area contributed by atoms with Crippen LogP contribution in [-0.2, 0) is 0 Å². The zero-order chi connectivity index (χ0) is 10.5. The van der Waals surface area contributed by atoms with Crippen LogP contribution in [0.1, 0.15) is 31.0 Å². The Kier molecular flexibility index (Phi) is 3.25. The topological polar surface area (TPSA) is 52.8 Å². The van der Waals surface area contributed by atoms with E-state index in [1.807, 2.05) is 6.07 Å². The number of likely N-dealkylation sites (tertiary alicyclic amines) is 1. The molecule has 0 spiro atoms. The minimum absolute atomic E-state index is 0.201. The first-order valence-electron chi connectivity index (χ1n) is 5.31. The number of rotatable bonds is 2. The van der Waals surface area contributed by atoms with Crippen molar-refractivity contribution in [3.05, 3.63) is 24.3 Å². The van der Waals surface area contributed by atoms with Gasteiger partial charge in [-0.05, 0) is 32.0 Å². The molecule has 0 amide bonds. The number of piperidine rings is 1. The van der Waals surface area contributed by atoms with Crippen LogP contribution in [0, 0.1) is 11.3 Å². The van der Waals surface area contributed by atoms with Gasteiger partial charge in [0.1, 0.15) is 12.4 Å². The van der Waals surface area contributed by atoms with Gasteiger partial charge in [-0.25, -0.2) is 9.97 Å². The van der Waals surface area contributed by atoms with Gasteiger partial charge in [-0.15, -0.1) is 0 Å². The minimum Gasteiger partial charge on any atom is -0.283 e. The molecule has 0 radical (unpaired) electrons. The summed E-state index contributed by atoms with van der Waals surface area (Å²) in [4.78, 5) is 10.2. The fourth-order valence-electron chi connectivity index (χ4n) is 1.97. The second-order valence-corrected chi connectivity index (χ2v) is 3.76. The van der Waals surface area contributed by atoms with E-state index in [9.17, 15) is 5.26 Å². The number of nitrogens with zero attached hydrogens (tertiary/aromatic N) is 4. The molecule has 4 nitrogen and oxygen atoms in total. The number of hydrogen-bond acceptors (Lipinski definition) is 4. The largest absolute Gasteiger partial charge is 0.283 e. The second kappa shape index (κ2) is 4.85. The lowest BCUT2D eigenvalue weighted by molar-refractivity contribution is 0.193. The molecule has 1 atom stereocenters. The van der Waals surface area contributed by atoms with Crippen LogP contribution in [0.5, 0.6) is 0 Å². The molecule has 0 saturated carbocycles. The third kappa shape index (κ3) is 2.31. The van der Waals surface area contributed by atoms with Gasteiger partial charge < -0.3 is 0 Å². The second-order valence-electron chi connectivity index (χ2n) is 3.76. The van der Waals surface area contributed by atoms with Crippen LogP contribution in [0.2, 0.25) is 0 Å². The summed E-state index contributed by atoms with van der Waals surface area (Å²) in [6.45, 7) is 2.00. The van der Waals surface area contributed by atoms with E-state index in [-0.39, 0.29) is 6.04 Å². The Bertz CT molecular complexity index is 337. The van der Waals surface area contributed by atoms with Crippen molar-refractivity contribution in [1.29, 1.82) is 5.26 Å². The predicted molar refractivity (Wildman–Crippen MR) is 55.8 cm³/mol. The lowest BCUT2D eigenvalue weighted by Crippen LogP contribution is -2.33. The Morgan fingerprint density at radius 2 is 2.13 bits per heavy atom. The molecule has 2 rings (SSSR count). The van der Waals surface area contributed by atoms with Crippen LogP contribution in [0.3, 0.4) is 0 Å². The van der Waals surface area contributed by atoms with Crippen molar-refractivity contribution < 1.29 is 0 Å². The van der Waals surface area contributed by atoms with Gasteiger partial charge >= 0.3 is 0 Å². The SMILES string of the molecule is N#CC(c1ccncn1)N1CCCCC1. The Balaban J connectivity index is 2.14. The monoisotopic (exact) mass is 202 g/mol. The summed E-state index contributed by atoms with van der Waals surface area (Å²) in [5.74, 6) is 0. The average Bonchev–Trinajstić information content (AvgIpc) is 2.33. The van der Waals surface area contributed by atoms with E-state index in [1.54, 1.807) is 6.20 Å². The van der Waals surface area contributed by atoms with Gasteiger partial charge in [-0.3, -0.25) is 4.90 Å². The summed E-state index contributed by atoms with van der Waals surface area (Å²) >= 11 is 0. The van der Waals surface area contributed by atoms with Gasteiger partial charge in [-0.1, -0.05) is 6.42 Å². The maximum atomic E-state index is 9.18. The van der Waals surface area contributed by atoms with Crippen LogP contribution in [0.25, 0.3) is 0 Å². The fraction of sp³-hybridized carbons (Fsp3) is 0.545. The van der Waals surface area contributed by atoms with E-state index < -0.39 is 0 Å². The van der Waals surface area contributed by atoms with Crippen molar-refractivity contribution >= 4 is 0 Å². The molecule has 1 unspecified atom stereocenters. The number of hydrogen-bond donors (Lipinski definition) is 0. The summed E-state index contributed by atoms with van der Waals surface area (Å²) in [6.07, 6.45) is 6.84. The van der Waals surface area contributed by atoms with E-state index in [0.29, 0.717) is 0 Å². The molecule has 0 aromatic carbocycles. The van der Waals surface area contributed by atoms with Gasteiger partial charge in [0.15, 0.2) is 0 Å². The molecule has 4 heteroatoms. The number of aromatic nitrogens is 2. The summed E-state index contributed by atoms with van der Waals surface area (Å²) in [5.41, 5.74) is 0.814. The molecule has 0 N–H and O–H groups in total. The Labute approximate surface area is 89.6 Å². The van der Waals surface area contributed by atoms with Gasteiger partial charge in [0.05, 0.1) is 11.8 Å². The van der Waals surface area contributed by atoms with E-state index in [1.165, 1.54) is 25.6 Å². The van der Waals surface area contributed by atoms with Crippen molar-refractivity contribution in [3.63, 3.8) is 0 Å². The lowest BCUT2D eigenvalue weighted by atomic mass is 10.1. The zero-order valence-corrected chi connectivity index (χ0v) is 8.63. The smallest absolute Gasteiger partial charge is 0.141 e. The van der Waals surface area contributed by atoms with E-state index >= 15 is 0 Å². The van der Waals surface area contributed by atoms with Crippen molar-refractivity contribution in [2.24, 2.45) is 0 Å². The highest BCUT2D eigenvalue weighted by molar-refractivity contribution is 5.13. The first-order valence-corrected chi connectivity index (χ1v) is 5.31. The zero-order valence-electron chi connectivity index (χ0n) is 8.63. The van der Waals surface area contributed by atoms with Crippen molar-refractivity contribution in [3.8, 4) is 6.07 Å². The molecule has 1 aromatic rings. The highest BCUT2D eigenvalue weighted by atomic mass is 15.2. The third-order valence-corrected chi connectivity index (χ3v) is 2.76. The van der Waals surface area contributed by atoms with Gasteiger partial charge in [0.25, 0.3) is 0 Å². The predicted octanol–water partition coefficient (Wildman–Crippen LogP) is 1.53. The molecule has 1 fully saturated rings. The summed E-state index contributed by atoms with van der Waals surface area (Å²) in [6, 6.07) is 3.94.